The predicted octanol–water partition coefficient (Wildman–Crippen LogP) is 4.12. The zero-order chi connectivity index (χ0) is 17.4. The van der Waals surface area contributed by atoms with E-state index in [1.54, 1.807) is 24.3 Å². The first-order valence-electron chi connectivity index (χ1n) is 8.09. The number of carbonyl (C=O) groups is 2. The summed E-state index contributed by atoms with van der Waals surface area (Å²) in [5.41, 5.74) is 2.99. The Kier molecular flexibility index (Phi) is 4.50. The summed E-state index contributed by atoms with van der Waals surface area (Å²) in [4.78, 5) is 25.2. The van der Waals surface area contributed by atoms with Crippen LogP contribution < -0.4 is 0 Å². The van der Waals surface area contributed by atoms with E-state index in [1.807, 2.05) is 31.4 Å². The number of esters is 1. The number of rotatable bonds is 4. The molecule has 2 aromatic rings. The molecule has 1 aliphatic heterocycles. The van der Waals surface area contributed by atoms with E-state index in [0.29, 0.717) is 29.2 Å². The van der Waals surface area contributed by atoms with E-state index in [1.165, 1.54) is 0 Å². The molecule has 1 unspecified atom stereocenters. The first kappa shape index (κ1) is 16.8. The van der Waals surface area contributed by atoms with Crippen LogP contribution in [0.3, 0.4) is 0 Å². The Morgan fingerprint density at radius 2 is 1.92 bits per heavy atom. The van der Waals surface area contributed by atoms with Gasteiger partial charge in [0.1, 0.15) is 0 Å². The van der Waals surface area contributed by atoms with Crippen LogP contribution in [0, 0.1) is 6.92 Å². The zero-order valence-corrected chi connectivity index (χ0v) is 14.8. The number of ketones is 1. The second-order valence-corrected chi connectivity index (χ2v) is 6.85. The molecule has 24 heavy (non-hydrogen) atoms. The lowest BCUT2D eigenvalue weighted by Gasteiger charge is -2.12. The summed E-state index contributed by atoms with van der Waals surface area (Å²) in [7, 11) is 0. The zero-order valence-electron chi connectivity index (χ0n) is 14.0. The van der Waals surface area contributed by atoms with Gasteiger partial charge in [0.15, 0.2) is 0 Å². The topological polar surface area (TPSA) is 48.3 Å². The van der Waals surface area contributed by atoms with Crippen LogP contribution in [0.5, 0.6) is 0 Å². The summed E-state index contributed by atoms with van der Waals surface area (Å²) < 4.78 is 7.30. The molecule has 0 bridgehead atoms. The first-order valence-corrected chi connectivity index (χ1v) is 8.47. The first-order chi connectivity index (χ1) is 11.4. The third-order valence-electron chi connectivity index (χ3n) is 4.28. The molecule has 0 saturated carbocycles. The van der Waals surface area contributed by atoms with Crippen molar-refractivity contribution in [2.45, 2.75) is 45.8 Å². The van der Waals surface area contributed by atoms with Crippen molar-refractivity contribution in [2.75, 3.05) is 0 Å². The minimum absolute atomic E-state index is 0.0479. The van der Waals surface area contributed by atoms with E-state index in [2.05, 4.69) is 0 Å². The second-order valence-electron chi connectivity index (χ2n) is 6.42. The predicted molar refractivity (Wildman–Crippen MR) is 92.6 cm³/mol. The van der Waals surface area contributed by atoms with Crippen LogP contribution in [0.2, 0.25) is 5.02 Å². The van der Waals surface area contributed by atoms with Crippen LogP contribution in [-0.4, -0.2) is 22.4 Å². The Morgan fingerprint density at radius 1 is 1.25 bits per heavy atom. The fraction of sp³-hybridized carbons (Fsp3) is 0.368. The number of hydrogen-bond acceptors (Lipinski definition) is 3. The fourth-order valence-electron chi connectivity index (χ4n) is 3.24. The van der Waals surface area contributed by atoms with Crippen LogP contribution in [-0.2, 0) is 16.1 Å². The van der Waals surface area contributed by atoms with Gasteiger partial charge in [-0.25, -0.2) is 0 Å². The van der Waals surface area contributed by atoms with E-state index < -0.39 is 0 Å². The van der Waals surface area contributed by atoms with Gasteiger partial charge in [0.25, 0.3) is 0 Å². The van der Waals surface area contributed by atoms with E-state index in [-0.39, 0.29) is 23.8 Å². The lowest BCUT2D eigenvalue weighted by molar-refractivity contribution is -0.149. The molecule has 1 aromatic carbocycles. The van der Waals surface area contributed by atoms with Crippen molar-refractivity contribution < 1.29 is 14.3 Å². The number of aryl methyl sites for hydroxylation is 1. The molecule has 2 heterocycles. The van der Waals surface area contributed by atoms with Gasteiger partial charge >= 0.3 is 5.97 Å². The van der Waals surface area contributed by atoms with E-state index in [0.717, 1.165) is 11.3 Å². The summed E-state index contributed by atoms with van der Waals surface area (Å²) >= 11 is 5.89. The number of ether oxygens (including phenoxy) is 1. The van der Waals surface area contributed by atoms with Gasteiger partial charge in [-0.15, -0.1) is 0 Å². The SMILES string of the molecule is Cc1cc2n(c1C(=O)c1ccc(Cl)cc1)CCC2C(=O)OC(C)C. The van der Waals surface area contributed by atoms with Crippen molar-refractivity contribution in [1.82, 2.24) is 4.57 Å². The third kappa shape index (κ3) is 2.98. The fourth-order valence-corrected chi connectivity index (χ4v) is 3.36. The Bertz CT molecular complexity index is 790. The smallest absolute Gasteiger partial charge is 0.315 e. The van der Waals surface area contributed by atoms with Gasteiger partial charge in [-0.2, -0.15) is 0 Å². The highest BCUT2D eigenvalue weighted by molar-refractivity contribution is 6.30. The van der Waals surface area contributed by atoms with Gasteiger partial charge < -0.3 is 9.30 Å². The number of aromatic nitrogens is 1. The highest BCUT2D eigenvalue weighted by Crippen LogP contribution is 2.34. The Morgan fingerprint density at radius 3 is 2.54 bits per heavy atom. The minimum Gasteiger partial charge on any atom is -0.462 e. The highest BCUT2D eigenvalue weighted by Gasteiger charge is 2.34. The Hall–Kier alpha value is -2.07. The molecule has 1 aliphatic rings. The van der Waals surface area contributed by atoms with Crippen LogP contribution in [0.1, 0.15) is 53.5 Å². The Balaban J connectivity index is 1.94. The van der Waals surface area contributed by atoms with Gasteiger partial charge in [-0.05, 0) is 63.1 Å². The van der Waals surface area contributed by atoms with Gasteiger partial charge in [-0.1, -0.05) is 11.6 Å². The maximum atomic E-state index is 12.9. The van der Waals surface area contributed by atoms with Gasteiger partial charge in [-0.3, -0.25) is 9.59 Å². The number of benzene rings is 1. The number of fused-ring (bicyclic) bond motifs is 1. The lowest BCUT2D eigenvalue weighted by Crippen LogP contribution is -2.18. The van der Waals surface area contributed by atoms with Gasteiger partial charge in [0.05, 0.1) is 17.7 Å². The van der Waals surface area contributed by atoms with Crippen molar-refractivity contribution >= 4 is 23.4 Å². The summed E-state index contributed by atoms with van der Waals surface area (Å²) in [6.45, 7) is 6.23. The average Bonchev–Trinajstić information content (AvgIpc) is 3.04. The number of nitrogens with zero attached hydrogens (tertiary/aromatic N) is 1. The van der Waals surface area contributed by atoms with Gasteiger partial charge in [0, 0.05) is 22.8 Å². The molecule has 0 fully saturated rings. The highest BCUT2D eigenvalue weighted by atomic mass is 35.5. The molecule has 0 saturated heterocycles. The summed E-state index contributed by atoms with van der Waals surface area (Å²) in [5, 5.41) is 0.597. The van der Waals surface area contributed by atoms with Crippen LogP contribution in [0.4, 0.5) is 0 Å². The molecular formula is C19H20ClNO3. The second kappa shape index (κ2) is 6.44. The largest absolute Gasteiger partial charge is 0.462 e. The minimum atomic E-state index is -0.294. The molecule has 0 aliphatic carbocycles. The molecular weight excluding hydrogens is 326 g/mol. The molecule has 0 N–H and O–H groups in total. The quantitative estimate of drug-likeness (QED) is 0.618. The molecule has 4 nitrogen and oxygen atoms in total. The van der Waals surface area contributed by atoms with Crippen molar-refractivity contribution in [1.29, 1.82) is 0 Å². The van der Waals surface area contributed by atoms with Crippen molar-refractivity contribution in [3.63, 3.8) is 0 Å². The maximum Gasteiger partial charge on any atom is 0.315 e. The van der Waals surface area contributed by atoms with Crippen molar-refractivity contribution in [3.05, 3.63) is 57.9 Å². The molecule has 0 spiro atoms. The van der Waals surface area contributed by atoms with E-state index in [4.69, 9.17) is 16.3 Å². The summed E-state index contributed by atoms with van der Waals surface area (Å²) in [5.74, 6) is -0.557. The monoisotopic (exact) mass is 345 g/mol. The van der Waals surface area contributed by atoms with E-state index >= 15 is 0 Å². The maximum absolute atomic E-state index is 12.9. The molecule has 0 radical (unpaired) electrons. The molecule has 1 atom stereocenters. The van der Waals surface area contributed by atoms with Crippen LogP contribution in [0.25, 0.3) is 0 Å². The molecule has 0 amide bonds. The number of carbonyl (C=O) groups excluding carboxylic acids is 2. The number of halogens is 1. The third-order valence-corrected chi connectivity index (χ3v) is 4.53. The van der Waals surface area contributed by atoms with Crippen LogP contribution in [0.15, 0.2) is 30.3 Å². The lowest BCUT2D eigenvalue weighted by atomic mass is 10.0. The molecule has 5 heteroatoms. The standard InChI is InChI=1S/C19H20ClNO3/c1-11(2)24-19(23)15-8-9-21-16(15)10-12(3)17(21)18(22)13-4-6-14(20)7-5-13/h4-7,10-11,15H,8-9H2,1-3H3. The molecule has 1 aromatic heterocycles. The molecule has 126 valence electrons. The summed E-state index contributed by atoms with van der Waals surface area (Å²) in [6, 6.07) is 8.80. The normalized spacial score (nSPS) is 16.3. The van der Waals surface area contributed by atoms with Crippen LogP contribution >= 0.6 is 11.6 Å². The Labute approximate surface area is 146 Å². The van der Waals surface area contributed by atoms with Crippen molar-refractivity contribution in [3.8, 4) is 0 Å². The number of hydrogen-bond donors (Lipinski definition) is 0. The van der Waals surface area contributed by atoms with E-state index in [9.17, 15) is 9.59 Å². The summed E-state index contributed by atoms with van der Waals surface area (Å²) in [6.07, 6.45) is 0.528. The van der Waals surface area contributed by atoms with Gasteiger partial charge in [0.2, 0.25) is 5.78 Å². The average molecular weight is 346 g/mol. The van der Waals surface area contributed by atoms with Crippen molar-refractivity contribution in [2.24, 2.45) is 0 Å². The molecule has 3 rings (SSSR count).